The standard InChI is InChI=1S/C26H30N2OS/c1-4-7-14-24-17-11-19-27-21-25(24)26(6-3)28-30(29)20-12-18-22(13-5-2)23-15-9-8-10-16-23/h4-10,12-13,15-19,21,28H,2,11,14,20H2,1,3H3/b7-4-,18-12-,22-13+,26-6+. The Labute approximate surface area is 183 Å². The minimum absolute atomic E-state index is 0.392. The van der Waals surface area contributed by atoms with Crippen LogP contribution < -0.4 is 4.72 Å². The predicted molar refractivity (Wildman–Crippen MR) is 132 cm³/mol. The highest BCUT2D eigenvalue weighted by molar-refractivity contribution is 7.83. The lowest BCUT2D eigenvalue weighted by atomic mass is 10.00. The monoisotopic (exact) mass is 418 g/mol. The van der Waals surface area contributed by atoms with E-state index in [2.05, 4.69) is 28.4 Å². The number of hydrogen-bond acceptors (Lipinski definition) is 2. The van der Waals surface area contributed by atoms with E-state index < -0.39 is 11.0 Å². The minimum Gasteiger partial charge on any atom is -0.305 e. The second kappa shape index (κ2) is 13.3. The summed E-state index contributed by atoms with van der Waals surface area (Å²) in [4.78, 5) is 4.35. The first kappa shape index (κ1) is 23.3. The van der Waals surface area contributed by atoms with Crippen LogP contribution in [0.4, 0.5) is 0 Å². The summed E-state index contributed by atoms with van der Waals surface area (Å²) in [5, 5.41) is 0. The van der Waals surface area contributed by atoms with Gasteiger partial charge in [0.25, 0.3) is 0 Å². The Morgan fingerprint density at radius 1 is 1.23 bits per heavy atom. The van der Waals surface area contributed by atoms with E-state index >= 15 is 0 Å². The second-order valence-electron chi connectivity index (χ2n) is 6.56. The number of hydrogen-bond donors (Lipinski definition) is 1. The molecule has 0 saturated carbocycles. The van der Waals surface area contributed by atoms with Gasteiger partial charge in [0.15, 0.2) is 0 Å². The van der Waals surface area contributed by atoms with Gasteiger partial charge in [0.05, 0.1) is 11.4 Å². The van der Waals surface area contributed by atoms with Crippen LogP contribution in [0.3, 0.4) is 0 Å². The van der Waals surface area contributed by atoms with Crippen molar-refractivity contribution in [3.63, 3.8) is 0 Å². The quantitative estimate of drug-likeness (QED) is 0.356. The predicted octanol–water partition coefficient (Wildman–Crippen LogP) is 6.22. The Morgan fingerprint density at radius 3 is 2.73 bits per heavy atom. The van der Waals surface area contributed by atoms with Crippen LogP contribution in [0.2, 0.25) is 0 Å². The van der Waals surface area contributed by atoms with E-state index in [1.54, 1.807) is 6.08 Å². The number of allylic oxidation sites excluding steroid dienone is 9. The van der Waals surface area contributed by atoms with Crippen molar-refractivity contribution in [2.75, 3.05) is 5.75 Å². The SMILES string of the molecule is C=C/C=C(\C=C/CS(=O)N/C(=C/C)C1=CN=CCC=C1C/C=C\C)c1ccccc1. The van der Waals surface area contributed by atoms with Crippen molar-refractivity contribution in [2.24, 2.45) is 4.99 Å². The fourth-order valence-electron chi connectivity index (χ4n) is 2.96. The van der Waals surface area contributed by atoms with Gasteiger partial charge in [-0.15, -0.1) is 0 Å². The van der Waals surface area contributed by atoms with Gasteiger partial charge in [-0.05, 0) is 37.0 Å². The highest BCUT2D eigenvalue weighted by Gasteiger charge is 2.12. The van der Waals surface area contributed by atoms with Gasteiger partial charge in [-0.3, -0.25) is 4.99 Å². The highest BCUT2D eigenvalue weighted by atomic mass is 32.2. The maximum atomic E-state index is 12.7. The molecule has 4 heteroatoms. The van der Waals surface area contributed by atoms with Gasteiger partial charge in [0.1, 0.15) is 11.0 Å². The first-order chi connectivity index (χ1) is 14.7. The van der Waals surface area contributed by atoms with Crippen molar-refractivity contribution in [1.29, 1.82) is 0 Å². The van der Waals surface area contributed by atoms with E-state index in [1.807, 2.05) is 87.0 Å². The van der Waals surface area contributed by atoms with Gasteiger partial charge >= 0.3 is 0 Å². The summed E-state index contributed by atoms with van der Waals surface area (Å²) in [7, 11) is -1.25. The number of aliphatic imine (C=N–C) groups is 1. The normalized spacial score (nSPS) is 16.3. The van der Waals surface area contributed by atoms with Crippen LogP contribution >= 0.6 is 0 Å². The molecule has 0 radical (unpaired) electrons. The average molecular weight is 419 g/mol. The van der Waals surface area contributed by atoms with Crippen LogP contribution in [0.15, 0.2) is 114 Å². The van der Waals surface area contributed by atoms with Crippen LogP contribution in [0.5, 0.6) is 0 Å². The zero-order chi connectivity index (χ0) is 21.6. The van der Waals surface area contributed by atoms with Crippen LogP contribution in [0, 0.1) is 0 Å². The Balaban J connectivity index is 2.07. The lowest BCUT2D eigenvalue weighted by Gasteiger charge is -2.15. The minimum atomic E-state index is -1.25. The summed E-state index contributed by atoms with van der Waals surface area (Å²) in [5.41, 5.74) is 5.13. The van der Waals surface area contributed by atoms with E-state index in [-0.39, 0.29) is 0 Å². The van der Waals surface area contributed by atoms with Crippen LogP contribution in [-0.4, -0.2) is 16.2 Å². The molecule has 1 aliphatic rings. The van der Waals surface area contributed by atoms with Crippen LogP contribution in [-0.2, 0) is 11.0 Å². The lowest BCUT2D eigenvalue weighted by Crippen LogP contribution is -2.20. The summed E-state index contributed by atoms with van der Waals surface area (Å²) in [6.45, 7) is 7.74. The average Bonchev–Trinajstić information content (AvgIpc) is 3.01. The first-order valence-electron chi connectivity index (χ1n) is 10.1. The third kappa shape index (κ3) is 7.45. The van der Waals surface area contributed by atoms with Gasteiger partial charge in [-0.1, -0.05) is 85.5 Å². The van der Waals surface area contributed by atoms with Crippen molar-refractivity contribution in [3.8, 4) is 0 Å². The van der Waals surface area contributed by atoms with Gasteiger partial charge < -0.3 is 4.72 Å². The summed E-state index contributed by atoms with van der Waals surface area (Å²) < 4.78 is 15.9. The Morgan fingerprint density at radius 2 is 2.03 bits per heavy atom. The zero-order valence-electron chi connectivity index (χ0n) is 17.8. The molecule has 30 heavy (non-hydrogen) atoms. The third-order valence-corrected chi connectivity index (χ3v) is 5.39. The molecule has 0 aromatic heterocycles. The molecule has 0 aliphatic carbocycles. The van der Waals surface area contributed by atoms with E-state index in [4.69, 9.17) is 0 Å². The van der Waals surface area contributed by atoms with Gasteiger partial charge in [-0.25, -0.2) is 4.21 Å². The number of benzene rings is 1. The molecule has 0 amide bonds. The van der Waals surface area contributed by atoms with Crippen molar-refractivity contribution in [2.45, 2.75) is 26.7 Å². The molecular weight excluding hydrogens is 388 g/mol. The van der Waals surface area contributed by atoms with E-state index in [1.165, 1.54) is 5.57 Å². The van der Waals surface area contributed by atoms with Crippen molar-refractivity contribution in [1.82, 2.24) is 4.72 Å². The van der Waals surface area contributed by atoms with Crippen molar-refractivity contribution >= 4 is 22.8 Å². The number of nitrogens with zero attached hydrogens (tertiary/aromatic N) is 1. The van der Waals surface area contributed by atoms with E-state index in [9.17, 15) is 4.21 Å². The molecule has 1 atom stereocenters. The zero-order valence-corrected chi connectivity index (χ0v) is 18.6. The summed E-state index contributed by atoms with van der Waals surface area (Å²) in [6.07, 6.45) is 21.2. The topological polar surface area (TPSA) is 41.5 Å². The summed E-state index contributed by atoms with van der Waals surface area (Å²) in [6, 6.07) is 10.1. The molecule has 0 saturated heterocycles. The molecule has 0 fully saturated rings. The molecule has 156 valence electrons. The Hall–Kier alpha value is -2.98. The van der Waals surface area contributed by atoms with Crippen molar-refractivity contribution in [3.05, 3.63) is 114 Å². The van der Waals surface area contributed by atoms with Gasteiger partial charge in [-0.2, -0.15) is 0 Å². The molecule has 1 aromatic rings. The first-order valence-corrected chi connectivity index (χ1v) is 11.4. The number of nitrogens with one attached hydrogen (secondary N) is 1. The van der Waals surface area contributed by atoms with Crippen LogP contribution in [0.1, 0.15) is 32.3 Å². The molecule has 0 bridgehead atoms. The molecule has 3 nitrogen and oxygen atoms in total. The fourth-order valence-corrected chi connectivity index (χ4v) is 3.79. The Kier molecular flexibility index (Phi) is 10.3. The van der Waals surface area contributed by atoms with Crippen LogP contribution in [0.25, 0.3) is 5.57 Å². The second-order valence-corrected chi connectivity index (χ2v) is 7.78. The smallest absolute Gasteiger partial charge is 0.121 e. The Bertz CT molecular complexity index is 945. The molecule has 1 heterocycles. The highest BCUT2D eigenvalue weighted by Crippen LogP contribution is 2.24. The number of rotatable bonds is 10. The maximum absolute atomic E-state index is 12.7. The molecule has 0 spiro atoms. The molecule has 1 aromatic carbocycles. The lowest BCUT2D eigenvalue weighted by molar-refractivity contribution is 0.680. The molecule has 1 N–H and O–H groups in total. The molecule has 2 rings (SSSR count). The third-order valence-electron chi connectivity index (χ3n) is 4.45. The van der Waals surface area contributed by atoms with E-state index in [0.29, 0.717) is 5.75 Å². The van der Waals surface area contributed by atoms with Gasteiger partial charge in [0, 0.05) is 24.4 Å². The van der Waals surface area contributed by atoms with Gasteiger partial charge in [0.2, 0.25) is 0 Å². The molecular formula is C26H30N2OS. The largest absolute Gasteiger partial charge is 0.305 e. The maximum Gasteiger partial charge on any atom is 0.121 e. The summed E-state index contributed by atoms with van der Waals surface area (Å²) >= 11 is 0. The summed E-state index contributed by atoms with van der Waals surface area (Å²) in [5.74, 6) is 0.392. The molecule has 1 aliphatic heterocycles. The molecule has 1 unspecified atom stereocenters. The fraction of sp³-hybridized carbons (Fsp3) is 0.192. The van der Waals surface area contributed by atoms with Crippen molar-refractivity contribution < 1.29 is 4.21 Å². The van der Waals surface area contributed by atoms with E-state index in [0.717, 1.165) is 35.2 Å².